The van der Waals surface area contributed by atoms with E-state index >= 15 is 0 Å². The summed E-state index contributed by atoms with van der Waals surface area (Å²) in [5.74, 6) is -0.840. The number of hydrogen-bond acceptors (Lipinski definition) is 6. The number of halogens is 2. The van der Waals surface area contributed by atoms with Crippen LogP contribution in [-0.4, -0.2) is 17.6 Å². The van der Waals surface area contributed by atoms with Crippen LogP contribution in [0.2, 0.25) is 10.0 Å². The maximum atomic E-state index is 13.6. The third-order valence-corrected chi connectivity index (χ3v) is 5.88. The molecule has 2 N–H and O–H groups in total. The van der Waals surface area contributed by atoms with Crippen LogP contribution in [0.5, 0.6) is 5.75 Å². The molecular formula is C22H18Cl2N2O5. The smallest absolute Gasteiger partial charge is 0.340 e. The zero-order valence-corrected chi connectivity index (χ0v) is 18.2. The Balaban J connectivity index is 1.97. The van der Waals surface area contributed by atoms with Crippen LogP contribution in [0.4, 0.5) is 0 Å². The molecule has 1 aliphatic heterocycles. The number of fused-ring (bicyclic) bond motifs is 1. The lowest BCUT2D eigenvalue weighted by Gasteiger charge is -2.29. The van der Waals surface area contributed by atoms with Gasteiger partial charge in [0.15, 0.2) is 0 Å². The van der Waals surface area contributed by atoms with E-state index in [4.69, 9.17) is 42.8 Å². The Morgan fingerprint density at radius 3 is 2.65 bits per heavy atom. The highest BCUT2D eigenvalue weighted by Crippen LogP contribution is 2.42. The highest BCUT2D eigenvalue weighted by molar-refractivity contribution is 6.42. The molecule has 2 aromatic heterocycles. The summed E-state index contributed by atoms with van der Waals surface area (Å²) in [4.78, 5) is 26.2. The van der Waals surface area contributed by atoms with E-state index in [1.165, 1.54) is 13.4 Å². The first-order chi connectivity index (χ1) is 14.8. The Morgan fingerprint density at radius 2 is 2.00 bits per heavy atom. The monoisotopic (exact) mass is 460 g/mol. The second kappa shape index (κ2) is 8.17. The third kappa shape index (κ3) is 3.71. The average molecular weight is 461 g/mol. The lowest BCUT2D eigenvalue weighted by atomic mass is 9.83. The minimum atomic E-state index is -0.859. The van der Waals surface area contributed by atoms with Gasteiger partial charge in [-0.15, -0.1) is 0 Å². The summed E-state index contributed by atoms with van der Waals surface area (Å²) in [7, 11) is 1.23. The van der Waals surface area contributed by atoms with Crippen molar-refractivity contribution in [2.45, 2.75) is 19.4 Å². The fourth-order valence-electron chi connectivity index (χ4n) is 3.68. The van der Waals surface area contributed by atoms with Crippen LogP contribution in [0.3, 0.4) is 0 Å². The lowest BCUT2D eigenvalue weighted by Crippen LogP contribution is -2.35. The SMILES string of the molecule is COC(=O)C1=C(N)Oc2cc(C)n(Cc3ccco3)c(=O)c2[C@@H]1c1ccc(Cl)c(Cl)c1. The maximum Gasteiger partial charge on any atom is 0.340 e. The van der Waals surface area contributed by atoms with Crippen molar-refractivity contribution in [1.29, 1.82) is 0 Å². The van der Waals surface area contributed by atoms with E-state index in [-0.39, 0.29) is 39.9 Å². The number of nitrogens with zero attached hydrogens (tertiary/aromatic N) is 1. The molecule has 160 valence electrons. The summed E-state index contributed by atoms with van der Waals surface area (Å²) < 4.78 is 17.5. The number of methoxy groups -OCH3 is 1. The molecular weight excluding hydrogens is 443 g/mol. The highest BCUT2D eigenvalue weighted by Gasteiger charge is 2.38. The Kier molecular flexibility index (Phi) is 5.56. The number of ether oxygens (including phenoxy) is 2. The number of carbonyl (C=O) groups is 1. The standard InChI is InChI=1S/C22H18Cl2N2O5/c1-11-8-16-18(21(27)26(11)10-13-4-3-7-30-13)17(12-5-6-14(23)15(24)9-12)19(20(25)31-16)22(28)29-2/h3-9,17H,10,25H2,1-2H3/t17-/m0/s1. The Hall–Kier alpha value is -3.16. The summed E-state index contributed by atoms with van der Waals surface area (Å²) >= 11 is 12.3. The van der Waals surface area contributed by atoms with Gasteiger partial charge in [-0.05, 0) is 36.8 Å². The number of esters is 1. The predicted octanol–water partition coefficient (Wildman–Crippen LogP) is 3.97. The average Bonchev–Trinajstić information content (AvgIpc) is 3.25. The number of aryl methyl sites for hydroxylation is 1. The topological polar surface area (TPSA) is 96.7 Å². The number of furan rings is 1. The second-order valence-corrected chi connectivity index (χ2v) is 7.83. The molecule has 0 aliphatic carbocycles. The summed E-state index contributed by atoms with van der Waals surface area (Å²) in [6.07, 6.45) is 1.54. The van der Waals surface area contributed by atoms with Gasteiger partial charge in [0.05, 0.1) is 41.4 Å². The summed E-state index contributed by atoms with van der Waals surface area (Å²) in [6.45, 7) is 1.99. The van der Waals surface area contributed by atoms with Gasteiger partial charge in [-0.3, -0.25) is 4.79 Å². The molecule has 0 amide bonds. The van der Waals surface area contributed by atoms with Gasteiger partial charge >= 0.3 is 5.97 Å². The number of nitrogens with two attached hydrogens (primary N) is 1. The van der Waals surface area contributed by atoms with Gasteiger partial charge in [-0.25, -0.2) is 4.79 Å². The first-order valence-electron chi connectivity index (χ1n) is 9.29. The van der Waals surface area contributed by atoms with Gasteiger partial charge in [-0.1, -0.05) is 29.3 Å². The quantitative estimate of drug-likeness (QED) is 0.591. The van der Waals surface area contributed by atoms with Crippen molar-refractivity contribution in [3.8, 4) is 5.75 Å². The molecule has 0 spiro atoms. The van der Waals surface area contributed by atoms with E-state index in [0.717, 1.165) is 0 Å². The molecule has 3 heterocycles. The largest absolute Gasteiger partial charge is 0.467 e. The van der Waals surface area contributed by atoms with E-state index < -0.39 is 11.9 Å². The van der Waals surface area contributed by atoms with Crippen molar-refractivity contribution in [3.05, 3.63) is 97.1 Å². The number of rotatable bonds is 4. The van der Waals surface area contributed by atoms with Crippen molar-refractivity contribution in [3.63, 3.8) is 0 Å². The zero-order chi connectivity index (χ0) is 22.3. The molecule has 1 aliphatic rings. The van der Waals surface area contributed by atoms with Crippen LogP contribution in [-0.2, 0) is 16.1 Å². The van der Waals surface area contributed by atoms with Crippen molar-refractivity contribution in [2.24, 2.45) is 5.73 Å². The van der Waals surface area contributed by atoms with E-state index in [0.29, 0.717) is 22.0 Å². The Bertz CT molecular complexity index is 1260. The molecule has 1 atom stereocenters. The lowest BCUT2D eigenvalue weighted by molar-refractivity contribution is -0.136. The molecule has 7 nitrogen and oxygen atoms in total. The van der Waals surface area contributed by atoms with Crippen molar-refractivity contribution >= 4 is 29.2 Å². The van der Waals surface area contributed by atoms with E-state index in [1.54, 1.807) is 47.9 Å². The molecule has 0 radical (unpaired) electrons. The molecule has 9 heteroatoms. The highest BCUT2D eigenvalue weighted by atomic mass is 35.5. The van der Waals surface area contributed by atoms with Crippen LogP contribution < -0.4 is 16.0 Å². The van der Waals surface area contributed by atoms with Gasteiger partial charge in [0.25, 0.3) is 5.56 Å². The van der Waals surface area contributed by atoms with Crippen molar-refractivity contribution < 1.29 is 18.7 Å². The fraction of sp³-hybridized carbons (Fsp3) is 0.182. The van der Waals surface area contributed by atoms with E-state index in [2.05, 4.69) is 0 Å². The molecule has 4 rings (SSSR count). The number of aromatic nitrogens is 1. The molecule has 0 saturated carbocycles. The zero-order valence-electron chi connectivity index (χ0n) is 16.6. The normalized spacial score (nSPS) is 15.4. The van der Waals surface area contributed by atoms with Gasteiger partial charge < -0.3 is 24.2 Å². The van der Waals surface area contributed by atoms with E-state index in [1.807, 2.05) is 0 Å². The second-order valence-electron chi connectivity index (χ2n) is 7.01. The summed E-state index contributed by atoms with van der Waals surface area (Å²) in [5.41, 5.74) is 7.18. The third-order valence-electron chi connectivity index (χ3n) is 5.15. The molecule has 0 fully saturated rings. The van der Waals surface area contributed by atoms with Crippen LogP contribution in [0.1, 0.15) is 28.5 Å². The van der Waals surface area contributed by atoms with Gasteiger partial charge in [0, 0.05) is 11.8 Å². The number of carbonyl (C=O) groups excluding carboxylic acids is 1. The number of pyridine rings is 1. The molecule has 0 unspecified atom stereocenters. The number of hydrogen-bond donors (Lipinski definition) is 1. The van der Waals surface area contributed by atoms with Crippen LogP contribution in [0.15, 0.2) is 63.3 Å². The Morgan fingerprint density at radius 1 is 1.23 bits per heavy atom. The van der Waals surface area contributed by atoms with Gasteiger partial charge in [0.1, 0.15) is 17.1 Å². The molecule has 0 saturated heterocycles. The summed E-state index contributed by atoms with van der Waals surface area (Å²) in [6, 6.07) is 10.1. The maximum absolute atomic E-state index is 13.6. The predicted molar refractivity (Wildman–Crippen MR) is 115 cm³/mol. The first-order valence-corrected chi connectivity index (χ1v) is 10.0. The molecule has 0 bridgehead atoms. The Labute approximate surface area is 187 Å². The van der Waals surface area contributed by atoms with Crippen LogP contribution >= 0.6 is 23.2 Å². The van der Waals surface area contributed by atoms with Crippen molar-refractivity contribution in [2.75, 3.05) is 7.11 Å². The molecule has 1 aromatic carbocycles. The fourth-order valence-corrected chi connectivity index (χ4v) is 3.98. The van der Waals surface area contributed by atoms with Crippen molar-refractivity contribution in [1.82, 2.24) is 4.57 Å². The minimum absolute atomic E-state index is 0.0129. The molecule has 31 heavy (non-hydrogen) atoms. The van der Waals surface area contributed by atoms with Crippen LogP contribution in [0.25, 0.3) is 0 Å². The number of benzene rings is 1. The van der Waals surface area contributed by atoms with E-state index in [9.17, 15) is 9.59 Å². The van der Waals surface area contributed by atoms with Gasteiger partial charge in [-0.2, -0.15) is 0 Å². The summed E-state index contributed by atoms with van der Waals surface area (Å²) in [5, 5.41) is 0.617. The molecule has 3 aromatic rings. The minimum Gasteiger partial charge on any atom is -0.467 e. The first kappa shape index (κ1) is 21.1. The van der Waals surface area contributed by atoms with Gasteiger partial charge in [0.2, 0.25) is 5.88 Å². The van der Waals surface area contributed by atoms with Crippen LogP contribution in [0, 0.1) is 6.92 Å².